The number of aliphatic carboxylic acids is 1. The van der Waals surface area contributed by atoms with Crippen molar-refractivity contribution < 1.29 is 28.6 Å². The lowest BCUT2D eigenvalue weighted by Gasteiger charge is -2.34. The molecule has 1 heterocycles. The Morgan fingerprint density at radius 2 is 1.90 bits per heavy atom. The number of likely N-dealkylation sites (tertiary alicyclic amines) is 1. The average Bonchev–Trinajstić information content (AvgIpc) is 2.70. The van der Waals surface area contributed by atoms with Gasteiger partial charge in [0.05, 0.1) is 6.04 Å². The number of carbonyl (C=O) groups excluding carboxylic acids is 1. The molecule has 1 aliphatic rings. The summed E-state index contributed by atoms with van der Waals surface area (Å²) in [6.45, 7) is 0.506. The molecule has 0 aliphatic carbocycles. The van der Waals surface area contributed by atoms with Gasteiger partial charge in [0.2, 0.25) is 5.91 Å². The number of aliphatic hydroxyl groups excluding tert-OH is 1. The molecule has 0 unspecified atom stereocenters. The SMILES string of the molecule is O=C(O)CCCCCCN1C(=O)CCC[C@@H]1/C=C\[C@@H](O)C(F)(F)c1ccccc1. The smallest absolute Gasteiger partial charge is 0.303 e. The highest BCUT2D eigenvalue weighted by Crippen LogP contribution is 2.32. The van der Waals surface area contributed by atoms with Gasteiger partial charge in [0.15, 0.2) is 0 Å². The van der Waals surface area contributed by atoms with Gasteiger partial charge < -0.3 is 15.1 Å². The molecule has 0 spiro atoms. The molecule has 1 amide bonds. The van der Waals surface area contributed by atoms with Gasteiger partial charge >= 0.3 is 11.9 Å². The molecule has 1 saturated heterocycles. The Labute approximate surface area is 170 Å². The van der Waals surface area contributed by atoms with Gasteiger partial charge in [0.25, 0.3) is 0 Å². The molecule has 7 heteroatoms. The molecule has 29 heavy (non-hydrogen) atoms. The lowest BCUT2D eigenvalue weighted by Crippen LogP contribution is -2.43. The van der Waals surface area contributed by atoms with Crippen molar-refractivity contribution in [1.29, 1.82) is 0 Å². The van der Waals surface area contributed by atoms with Gasteiger partial charge in [0, 0.05) is 24.9 Å². The summed E-state index contributed by atoms with van der Waals surface area (Å²) in [5.74, 6) is -4.24. The number of carboxylic acid groups (broad SMARTS) is 1. The van der Waals surface area contributed by atoms with Crippen molar-refractivity contribution in [2.75, 3.05) is 6.54 Å². The topological polar surface area (TPSA) is 77.8 Å². The van der Waals surface area contributed by atoms with E-state index in [9.17, 15) is 23.5 Å². The molecule has 2 N–H and O–H groups in total. The van der Waals surface area contributed by atoms with Gasteiger partial charge in [-0.1, -0.05) is 55.3 Å². The second-order valence-electron chi connectivity index (χ2n) is 7.42. The summed E-state index contributed by atoms with van der Waals surface area (Å²) >= 11 is 0. The van der Waals surface area contributed by atoms with E-state index in [2.05, 4.69) is 0 Å². The van der Waals surface area contributed by atoms with Crippen LogP contribution < -0.4 is 0 Å². The molecule has 2 atom stereocenters. The summed E-state index contributed by atoms with van der Waals surface area (Å²) in [5.41, 5.74) is -0.255. The van der Waals surface area contributed by atoms with Crippen molar-refractivity contribution in [3.05, 3.63) is 48.0 Å². The number of benzene rings is 1. The van der Waals surface area contributed by atoms with Crippen LogP contribution in [0.4, 0.5) is 8.78 Å². The van der Waals surface area contributed by atoms with Crippen LogP contribution in [0.15, 0.2) is 42.5 Å². The van der Waals surface area contributed by atoms with E-state index in [1.54, 1.807) is 11.0 Å². The largest absolute Gasteiger partial charge is 0.481 e. The van der Waals surface area contributed by atoms with Crippen molar-refractivity contribution in [2.24, 2.45) is 0 Å². The summed E-state index contributed by atoms with van der Waals surface area (Å²) in [5, 5.41) is 18.7. The minimum absolute atomic E-state index is 0.0132. The second kappa shape index (κ2) is 11.0. The fourth-order valence-corrected chi connectivity index (χ4v) is 3.53. The van der Waals surface area contributed by atoms with E-state index < -0.39 is 18.0 Å². The van der Waals surface area contributed by atoms with Gasteiger partial charge in [-0.2, -0.15) is 8.78 Å². The number of alkyl halides is 2. The van der Waals surface area contributed by atoms with Gasteiger partial charge in [-0.15, -0.1) is 0 Å². The van der Waals surface area contributed by atoms with Crippen LogP contribution in [0.3, 0.4) is 0 Å². The summed E-state index contributed by atoms with van der Waals surface area (Å²) < 4.78 is 28.9. The first kappa shape index (κ1) is 23.0. The Hall–Kier alpha value is -2.28. The monoisotopic (exact) mass is 409 g/mol. The number of piperidine rings is 1. The normalized spacial score (nSPS) is 18.9. The maximum atomic E-state index is 14.4. The lowest BCUT2D eigenvalue weighted by atomic mass is 9.98. The second-order valence-corrected chi connectivity index (χ2v) is 7.42. The van der Waals surface area contributed by atoms with E-state index in [0.717, 1.165) is 25.3 Å². The molecule has 0 aromatic heterocycles. The maximum Gasteiger partial charge on any atom is 0.303 e. The molecule has 1 fully saturated rings. The third-order valence-corrected chi connectivity index (χ3v) is 5.20. The number of aliphatic hydroxyl groups is 1. The molecule has 160 valence electrons. The van der Waals surface area contributed by atoms with Crippen molar-refractivity contribution in [1.82, 2.24) is 4.90 Å². The Morgan fingerprint density at radius 3 is 2.59 bits per heavy atom. The molecule has 1 aromatic carbocycles. The number of unbranched alkanes of at least 4 members (excludes halogenated alkanes) is 3. The first-order valence-electron chi connectivity index (χ1n) is 10.1. The van der Waals surface area contributed by atoms with Crippen molar-refractivity contribution in [3.8, 4) is 0 Å². The highest BCUT2D eigenvalue weighted by atomic mass is 19.3. The number of hydrogen-bond acceptors (Lipinski definition) is 3. The number of hydrogen-bond donors (Lipinski definition) is 2. The van der Waals surface area contributed by atoms with Gasteiger partial charge in [-0.3, -0.25) is 9.59 Å². The van der Waals surface area contributed by atoms with E-state index >= 15 is 0 Å². The number of carboxylic acids is 1. The van der Waals surface area contributed by atoms with Crippen molar-refractivity contribution in [3.63, 3.8) is 0 Å². The van der Waals surface area contributed by atoms with Crippen LogP contribution in [-0.2, 0) is 15.5 Å². The maximum absolute atomic E-state index is 14.4. The summed E-state index contributed by atoms with van der Waals surface area (Å²) in [6, 6.07) is 6.87. The van der Waals surface area contributed by atoms with Crippen molar-refractivity contribution in [2.45, 2.75) is 69.4 Å². The van der Waals surface area contributed by atoms with Gasteiger partial charge in [0.1, 0.15) is 6.10 Å². The van der Waals surface area contributed by atoms with Crippen LogP contribution in [0, 0.1) is 0 Å². The van der Waals surface area contributed by atoms with Crippen LogP contribution in [-0.4, -0.2) is 45.7 Å². The standard InChI is InChI=1S/C22H29F2NO4/c23-22(24,17-9-4-3-5-10-17)19(26)15-14-18-11-8-12-20(27)25(18)16-7-2-1-6-13-21(28)29/h3-5,9-10,14-15,18-19,26H,1-2,6-8,11-13,16H2,(H,28,29)/b15-14-/t18-,19-/m1/s1. The Morgan fingerprint density at radius 1 is 1.21 bits per heavy atom. The molecule has 0 saturated carbocycles. The van der Waals surface area contributed by atoms with Gasteiger partial charge in [-0.25, -0.2) is 0 Å². The van der Waals surface area contributed by atoms with E-state index in [1.165, 1.54) is 30.3 Å². The quantitative estimate of drug-likeness (QED) is 0.426. The van der Waals surface area contributed by atoms with Crippen LogP contribution >= 0.6 is 0 Å². The number of rotatable bonds is 11. The lowest BCUT2D eigenvalue weighted by molar-refractivity contribution is -0.137. The zero-order valence-corrected chi connectivity index (χ0v) is 16.5. The van der Waals surface area contributed by atoms with E-state index in [4.69, 9.17) is 5.11 Å². The first-order valence-corrected chi connectivity index (χ1v) is 10.1. The zero-order chi connectivity index (χ0) is 21.3. The van der Waals surface area contributed by atoms with Crippen molar-refractivity contribution >= 4 is 11.9 Å². The number of halogens is 2. The Balaban J connectivity index is 1.92. The van der Waals surface area contributed by atoms with E-state index in [1.807, 2.05) is 0 Å². The first-order chi connectivity index (χ1) is 13.8. The highest BCUT2D eigenvalue weighted by molar-refractivity contribution is 5.77. The predicted octanol–water partition coefficient (Wildman–Crippen LogP) is 4.11. The fourth-order valence-electron chi connectivity index (χ4n) is 3.53. The third kappa shape index (κ3) is 6.92. The molecule has 5 nitrogen and oxygen atoms in total. The summed E-state index contributed by atoms with van der Waals surface area (Å²) in [7, 11) is 0. The number of nitrogens with zero attached hydrogens (tertiary/aromatic N) is 1. The van der Waals surface area contributed by atoms with E-state index in [0.29, 0.717) is 32.2 Å². The molecular formula is C22H29F2NO4. The Kier molecular flexibility index (Phi) is 8.76. The molecule has 0 radical (unpaired) electrons. The van der Waals surface area contributed by atoms with Crippen LogP contribution in [0.5, 0.6) is 0 Å². The minimum Gasteiger partial charge on any atom is -0.481 e. The van der Waals surface area contributed by atoms with Crippen LogP contribution in [0.1, 0.15) is 56.9 Å². The molecule has 1 aromatic rings. The number of carbonyl (C=O) groups is 2. The zero-order valence-electron chi connectivity index (χ0n) is 16.5. The number of amides is 1. The fraction of sp³-hybridized carbons (Fsp3) is 0.545. The molecule has 0 bridgehead atoms. The van der Waals surface area contributed by atoms with E-state index in [-0.39, 0.29) is 23.9 Å². The highest BCUT2D eigenvalue weighted by Gasteiger charge is 2.39. The summed E-state index contributed by atoms with van der Waals surface area (Å²) in [6.07, 6.45) is 5.50. The molecular weight excluding hydrogens is 380 g/mol. The third-order valence-electron chi connectivity index (χ3n) is 5.20. The minimum atomic E-state index is -3.41. The molecule has 2 rings (SSSR count). The molecule has 1 aliphatic heterocycles. The average molecular weight is 409 g/mol. The van der Waals surface area contributed by atoms with Gasteiger partial charge in [-0.05, 0) is 25.7 Å². The Bertz CT molecular complexity index is 693. The predicted molar refractivity (Wildman–Crippen MR) is 106 cm³/mol. The van der Waals surface area contributed by atoms with Crippen LogP contribution in [0.2, 0.25) is 0 Å². The summed E-state index contributed by atoms with van der Waals surface area (Å²) in [4.78, 5) is 24.5. The van der Waals surface area contributed by atoms with Crippen LogP contribution in [0.25, 0.3) is 0 Å².